The minimum atomic E-state index is -0.268. The van der Waals surface area contributed by atoms with E-state index in [9.17, 15) is 9.90 Å². The standard InChI is InChI=1S/C15H22O3/c1-5-12(16)14(10(3)4)11-8-7-9-13(15(11)17)18-6-2/h7-10,14,17H,5-6H2,1-4H3. The van der Waals surface area contributed by atoms with Gasteiger partial charge in [-0.3, -0.25) is 4.79 Å². The summed E-state index contributed by atoms with van der Waals surface area (Å²) in [5.74, 6) is 0.578. The molecule has 1 aromatic carbocycles. The number of benzene rings is 1. The number of phenolic OH excluding ortho intramolecular Hbond substituents is 1. The SMILES string of the molecule is CCOc1cccc(C(C(=O)CC)C(C)C)c1O. The lowest BCUT2D eigenvalue weighted by Gasteiger charge is -2.21. The van der Waals surface area contributed by atoms with Crippen molar-refractivity contribution in [1.29, 1.82) is 0 Å². The molecule has 0 saturated carbocycles. The molecule has 100 valence electrons. The summed E-state index contributed by atoms with van der Waals surface area (Å²) in [4.78, 5) is 12.0. The molecule has 0 fully saturated rings. The number of aromatic hydroxyl groups is 1. The van der Waals surface area contributed by atoms with Gasteiger partial charge in [0.25, 0.3) is 0 Å². The van der Waals surface area contributed by atoms with Crippen molar-refractivity contribution in [3.05, 3.63) is 23.8 Å². The number of phenols is 1. The van der Waals surface area contributed by atoms with Gasteiger partial charge in [0.05, 0.1) is 6.61 Å². The number of carbonyl (C=O) groups is 1. The zero-order valence-corrected chi connectivity index (χ0v) is 11.6. The molecular formula is C15H22O3. The maximum Gasteiger partial charge on any atom is 0.161 e. The third-order valence-electron chi connectivity index (χ3n) is 3.03. The quantitative estimate of drug-likeness (QED) is 0.840. The smallest absolute Gasteiger partial charge is 0.161 e. The van der Waals surface area contributed by atoms with E-state index in [2.05, 4.69) is 0 Å². The second kappa shape index (κ2) is 6.43. The molecule has 0 spiro atoms. The molecule has 1 rings (SSSR count). The molecule has 18 heavy (non-hydrogen) atoms. The highest BCUT2D eigenvalue weighted by Gasteiger charge is 2.26. The van der Waals surface area contributed by atoms with Gasteiger partial charge in [-0.15, -0.1) is 0 Å². The van der Waals surface area contributed by atoms with Gasteiger partial charge in [-0.25, -0.2) is 0 Å². The van der Waals surface area contributed by atoms with Crippen LogP contribution in [-0.2, 0) is 4.79 Å². The third kappa shape index (κ3) is 3.03. The zero-order chi connectivity index (χ0) is 13.7. The first kappa shape index (κ1) is 14.6. The zero-order valence-electron chi connectivity index (χ0n) is 11.6. The van der Waals surface area contributed by atoms with Gasteiger partial charge in [-0.05, 0) is 18.9 Å². The summed E-state index contributed by atoms with van der Waals surface area (Å²) in [7, 11) is 0. The molecule has 1 unspecified atom stereocenters. The Hall–Kier alpha value is -1.51. The molecule has 1 aromatic rings. The van der Waals surface area contributed by atoms with Gasteiger partial charge in [0.15, 0.2) is 11.5 Å². The Balaban J connectivity index is 3.20. The Morgan fingerprint density at radius 3 is 2.50 bits per heavy atom. The molecule has 1 atom stereocenters. The molecule has 1 N–H and O–H groups in total. The lowest BCUT2D eigenvalue weighted by atomic mass is 9.83. The highest BCUT2D eigenvalue weighted by Crippen LogP contribution is 2.38. The van der Waals surface area contributed by atoms with Crippen LogP contribution in [0.15, 0.2) is 18.2 Å². The molecule has 0 aliphatic rings. The number of para-hydroxylation sites is 1. The van der Waals surface area contributed by atoms with Crippen LogP contribution in [-0.4, -0.2) is 17.5 Å². The van der Waals surface area contributed by atoms with Crippen LogP contribution in [0.5, 0.6) is 11.5 Å². The van der Waals surface area contributed by atoms with Crippen molar-refractivity contribution >= 4 is 5.78 Å². The minimum Gasteiger partial charge on any atom is -0.504 e. The molecule has 0 aromatic heterocycles. The van der Waals surface area contributed by atoms with Crippen LogP contribution in [0.2, 0.25) is 0 Å². The summed E-state index contributed by atoms with van der Waals surface area (Å²) in [6.07, 6.45) is 0.473. The average Bonchev–Trinajstić information content (AvgIpc) is 2.33. The Bertz CT molecular complexity index is 410. The summed E-state index contributed by atoms with van der Waals surface area (Å²) in [5, 5.41) is 10.2. The molecule has 3 nitrogen and oxygen atoms in total. The topological polar surface area (TPSA) is 46.5 Å². The van der Waals surface area contributed by atoms with E-state index in [4.69, 9.17) is 4.74 Å². The normalized spacial score (nSPS) is 12.5. The fraction of sp³-hybridized carbons (Fsp3) is 0.533. The molecule has 0 aliphatic carbocycles. The highest BCUT2D eigenvalue weighted by atomic mass is 16.5. The number of ether oxygens (including phenoxy) is 1. The number of carbonyl (C=O) groups excluding carboxylic acids is 1. The fourth-order valence-electron chi connectivity index (χ4n) is 2.19. The van der Waals surface area contributed by atoms with Crippen LogP contribution in [0.4, 0.5) is 0 Å². The number of Topliss-reactive ketones (excluding diaryl/α,β-unsaturated/α-hetero) is 1. The van der Waals surface area contributed by atoms with E-state index in [0.717, 1.165) is 0 Å². The molecule has 0 saturated heterocycles. The first-order chi connectivity index (χ1) is 8.52. The molecule has 0 heterocycles. The summed E-state index contributed by atoms with van der Waals surface area (Å²) in [6.45, 7) is 8.19. The van der Waals surface area contributed by atoms with E-state index in [0.29, 0.717) is 24.3 Å². The maximum atomic E-state index is 12.0. The largest absolute Gasteiger partial charge is 0.504 e. The van der Waals surface area contributed by atoms with E-state index >= 15 is 0 Å². The van der Waals surface area contributed by atoms with E-state index in [1.54, 1.807) is 12.1 Å². The van der Waals surface area contributed by atoms with Gasteiger partial charge in [-0.2, -0.15) is 0 Å². The summed E-state index contributed by atoms with van der Waals surface area (Å²) in [5.41, 5.74) is 0.669. The van der Waals surface area contributed by atoms with E-state index in [1.165, 1.54) is 0 Å². The molecule has 0 bridgehead atoms. The highest BCUT2D eigenvalue weighted by molar-refractivity contribution is 5.86. The number of hydrogen-bond acceptors (Lipinski definition) is 3. The van der Waals surface area contributed by atoms with Crippen molar-refractivity contribution in [1.82, 2.24) is 0 Å². The Kier molecular flexibility index (Phi) is 5.20. The fourth-order valence-corrected chi connectivity index (χ4v) is 2.19. The monoisotopic (exact) mass is 250 g/mol. The average molecular weight is 250 g/mol. The predicted molar refractivity (Wildman–Crippen MR) is 72.2 cm³/mol. The Morgan fingerprint density at radius 1 is 1.33 bits per heavy atom. The van der Waals surface area contributed by atoms with Gasteiger partial charge >= 0.3 is 0 Å². The molecular weight excluding hydrogens is 228 g/mol. The van der Waals surface area contributed by atoms with Crippen LogP contribution in [0.1, 0.15) is 45.6 Å². The van der Waals surface area contributed by atoms with Gasteiger partial charge in [0.1, 0.15) is 5.78 Å². The second-order valence-electron chi connectivity index (χ2n) is 4.67. The second-order valence-corrected chi connectivity index (χ2v) is 4.67. The molecule has 3 heteroatoms. The van der Waals surface area contributed by atoms with Crippen molar-refractivity contribution in [2.75, 3.05) is 6.61 Å². The number of hydrogen-bond donors (Lipinski definition) is 1. The van der Waals surface area contributed by atoms with E-state index in [-0.39, 0.29) is 23.4 Å². The van der Waals surface area contributed by atoms with Gasteiger partial charge in [0, 0.05) is 17.9 Å². The van der Waals surface area contributed by atoms with E-state index < -0.39 is 0 Å². The minimum absolute atomic E-state index is 0.0971. The predicted octanol–water partition coefficient (Wildman–Crippen LogP) is 3.51. The molecule has 0 aliphatic heterocycles. The van der Waals surface area contributed by atoms with Crippen LogP contribution in [0, 0.1) is 5.92 Å². The maximum absolute atomic E-state index is 12.0. The first-order valence-electron chi connectivity index (χ1n) is 6.50. The van der Waals surface area contributed by atoms with Gasteiger partial charge in [0.2, 0.25) is 0 Å². The number of rotatable bonds is 6. The Morgan fingerprint density at radius 2 is 2.00 bits per heavy atom. The van der Waals surface area contributed by atoms with Crippen LogP contribution < -0.4 is 4.74 Å². The van der Waals surface area contributed by atoms with Crippen molar-refractivity contribution in [2.24, 2.45) is 5.92 Å². The first-order valence-corrected chi connectivity index (χ1v) is 6.50. The van der Waals surface area contributed by atoms with Crippen molar-refractivity contribution in [3.63, 3.8) is 0 Å². The van der Waals surface area contributed by atoms with Crippen molar-refractivity contribution in [2.45, 2.75) is 40.0 Å². The number of ketones is 1. The van der Waals surface area contributed by atoms with E-state index in [1.807, 2.05) is 33.8 Å². The lowest BCUT2D eigenvalue weighted by molar-refractivity contribution is -0.121. The molecule has 0 amide bonds. The third-order valence-corrected chi connectivity index (χ3v) is 3.03. The summed E-state index contributed by atoms with van der Waals surface area (Å²) < 4.78 is 5.36. The van der Waals surface area contributed by atoms with Gasteiger partial charge < -0.3 is 9.84 Å². The summed E-state index contributed by atoms with van der Waals surface area (Å²) in [6, 6.07) is 5.34. The molecule has 0 radical (unpaired) electrons. The van der Waals surface area contributed by atoms with Crippen molar-refractivity contribution in [3.8, 4) is 11.5 Å². The Labute approximate surface area is 109 Å². The summed E-state index contributed by atoms with van der Waals surface area (Å²) >= 11 is 0. The lowest BCUT2D eigenvalue weighted by Crippen LogP contribution is -2.17. The van der Waals surface area contributed by atoms with Gasteiger partial charge in [-0.1, -0.05) is 32.9 Å². The van der Waals surface area contributed by atoms with Crippen LogP contribution >= 0.6 is 0 Å². The van der Waals surface area contributed by atoms with Crippen LogP contribution in [0.3, 0.4) is 0 Å². The van der Waals surface area contributed by atoms with Crippen molar-refractivity contribution < 1.29 is 14.6 Å². The van der Waals surface area contributed by atoms with Crippen LogP contribution in [0.25, 0.3) is 0 Å².